The van der Waals surface area contributed by atoms with E-state index in [0.717, 1.165) is 31.3 Å². The van der Waals surface area contributed by atoms with Gasteiger partial charge in [0.05, 0.1) is 0 Å². The van der Waals surface area contributed by atoms with E-state index in [-0.39, 0.29) is 11.2 Å². The topological polar surface area (TPSA) is 34.1 Å². The van der Waals surface area contributed by atoms with Crippen molar-refractivity contribution in [1.82, 2.24) is 0 Å². The molecule has 1 fully saturated rings. The smallest absolute Gasteiger partial charge is 0.161 e. The number of carbonyl (C=O) groups excluding carboxylic acids is 2. The monoisotopic (exact) mass is 302 g/mol. The lowest BCUT2D eigenvalue weighted by Crippen LogP contribution is -2.33. The molecule has 2 aliphatic rings. The van der Waals surface area contributed by atoms with Gasteiger partial charge in [0.2, 0.25) is 0 Å². The van der Waals surface area contributed by atoms with Crippen LogP contribution in [0.1, 0.15) is 66.7 Å². The molecule has 0 saturated heterocycles. The van der Waals surface area contributed by atoms with Crippen LogP contribution in [-0.4, -0.2) is 11.6 Å². The normalized spacial score (nSPS) is 32.8. The number of fused-ring (bicyclic) bond motifs is 1. The van der Waals surface area contributed by atoms with Crippen LogP contribution in [-0.2, 0) is 9.59 Å². The zero-order chi connectivity index (χ0) is 16.5. The van der Waals surface area contributed by atoms with Crippen molar-refractivity contribution in [3.8, 4) is 0 Å². The van der Waals surface area contributed by atoms with Crippen molar-refractivity contribution in [2.45, 2.75) is 66.7 Å². The molecule has 2 rings (SSSR count). The Bertz CT molecular complexity index is 522. The maximum absolute atomic E-state index is 12.6. The molecule has 0 spiro atoms. The second kappa shape index (κ2) is 6.52. The predicted molar refractivity (Wildman–Crippen MR) is 90.5 cm³/mol. The van der Waals surface area contributed by atoms with Crippen LogP contribution in [0.5, 0.6) is 0 Å². The van der Waals surface area contributed by atoms with Gasteiger partial charge in [-0.25, -0.2) is 0 Å². The SMILES string of the molecule is CC(C)=CC(=O)CC(C)[C@H]1CC[C@@]2(C)C(=O)C=C(C)CC[C@H]12. The fourth-order valence-electron chi connectivity index (χ4n) is 4.54. The molecule has 0 aromatic rings. The highest BCUT2D eigenvalue weighted by molar-refractivity contribution is 5.96. The molecule has 0 amide bonds. The predicted octanol–water partition coefficient (Wildman–Crippen LogP) is 4.89. The lowest BCUT2D eigenvalue weighted by molar-refractivity contribution is -0.125. The number of ketones is 2. The fourth-order valence-corrected chi connectivity index (χ4v) is 4.54. The Morgan fingerprint density at radius 3 is 2.73 bits per heavy atom. The van der Waals surface area contributed by atoms with Crippen molar-refractivity contribution in [1.29, 1.82) is 0 Å². The van der Waals surface area contributed by atoms with Gasteiger partial charge in [-0.05, 0) is 76.4 Å². The van der Waals surface area contributed by atoms with Crippen LogP contribution < -0.4 is 0 Å². The second-order valence-corrected chi connectivity index (χ2v) is 7.99. The third kappa shape index (κ3) is 3.42. The first-order chi connectivity index (χ1) is 10.2. The van der Waals surface area contributed by atoms with Crippen molar-refractivity contribution < 1.29 is 9.59 Å². The number of allylic oxidation sites excluding steroid dienone is 4. The Balaban J connectivity index is 2.13. The minimum atomic E-state index is -0.198. The fraction of sp³-hybridized carbons (Fsp3) is 0.700. The number of carbonyl (C=O) groups is 2. The largest absolute Gasteiger partial charge is 0.295 e. The summed E-state index contributed by atoms with van der Waals surface area (Å²) in [4.78, 5) is 24.7. The van der Waals surface area contributed by atoms with Gasteiger partial charge in [0, 0.05) is 11.8 Å². The van der Waals surface area contributed by atoms with Crippen molar-refractivity contribution in [3.63, 3.8) is 0 Å². The average molecular weight is 302 g/mol. The van der Waals surface area contributed by atoms with Gasteiger partial charge in [0.15, 0.2) is 11.6 Å². The summed E-state index contributed by atoms with van der Waals surface area (Å²) in [5.74, 6) is 1.85. The Morgan fingerprint density at radius 2 is 2.09 bits per heavy atom. The summed E-state index contributed by atoms with van der Waals surface area (Å²) in [6.45, 7) is 10.4. The Hall–Kier alpha value is -1.18. The molecule has 0 bridgehead atoms. The molecule has 22 heavy (non-hydrogen) atoms. The van der Waals surface area contributed by atoms with Crippen LogP contribution in [0.4, 0.5) is 0 Å². The van der Waals surface area contributed by atoms with Crippen molar-refractivity contribution in [2.75, 3.05) is 0 Å². The summed E-state index contributed by atoms with van der Waals surface area (Å²) in [6, 6.07) is 0. The van der Waals surface area contributed by atoms with Gasteiger partial charge in [-0.1, -0.05) is 25.0 Å². The van der Waals surface area contributed by atoms with Crippen molar-refractivity contribution in [3.05, 3.63) is 23.3 Å². The van der Waals surface area contributed by atoms with Gasteiger partial charge < -0.3 is 0 Å². The van der Waals surface area contributed by atoms with E-state index in [0.29, 0.717) is 30.0 Å². The van der Waals surface area contributed by atoms with Crippen LogP contribution in [0.25, 0.3) is 0 Å². The first-order valence-corrected chi connectivity index (χ1v) is 8.63. The van der Waals surface area contributed by atoms with E-state index in [1.807, 2.05) is 19.9 Å². The zero-order valence-corrected chi connectivity index (χ0v) is 14.7. The van der Waals surface area contributed by atoms with Crippen LogP contribution in [0.3, 0.4) is 0 Å². The zero-order valence-electron chi connectivity index (χ0n) is 14.7. The summed E-state index contributed by atoms with van der Waals surface area (Å²) in [6.07, 6.45) is 8.43. The maximum atomic E-state index is 12.6. The van der Waals surface area contributed by atoms with E-state index in [9.17, 15) is 9.59 Å². The maximum Gasteiger partial charge on any atom is 0.161 e. The van der Waals surface area contributed by atoms with Crippen molar-refractivity contribution in [2.24, 2.45) is 23.2 Å². The third-order valence-corrected chi connectivity index (χ3v) is 5.83. The number of hydrogen-bond acceptors (Lipinski definition) is 2. The molecule has 0 aliphatic heterocycles. The number of rotatable bonds is 4. The quantitative estimate of drug-likeness (QED) is 0.693. The van der Waals surface area contributed by atoms with Crippen LogP contribution in [0.15, 0.2) is 23.3 Å². The molecule has 0 aromatic carbocycles. The van der Waals surface area contributed by atoms with Gasteiger partial charge in [-0.15, -0.1) is 0 Å². The van der Waals surface area contributed by atoms with Crippen LogP contribution >= 0.6 is 0 Å². The Labute approximate surface area is 135 Å². The van der Waals surface area contributed by atoms with Crippen LogP contribution in [0, 0.1) is 23.2 Å². The molecule has 0 heterocycles. The van der Waals surface area contributed by atoms with E-state index in [4.69, 9.17) is 0 Å². The first kappa shape index (κ1) is 17.2. The minimum Gasteiger partial charge on any atom is -0.295 e. The van der Waals surface area contributed by atoms with Gasteiger partial charge >= 0.3 is 0 Å². The van der Waals surface area contributed by atoms with E-state index in [1.54, 1.807) is 6.08 Å². The molecule has 0 aromatic heterocycles. The highest BCUT2D eigenvalue weighted by Crippen LogP contribution is 2.54. The molecular weight excluding hydrogens is 272 g/mol. The van der Waals surface area contributed by atoms with Gasteiger partial charge in [-0.3, -0.25) is 9.59 Å². The van der Waals surface area contributed by atoms with E-state index >= 15 is 0 Å². The number of hydrogen-bond donors (Lipinski definition) is 0. The summed E-state index contributed by atoms with van der Waals surface area (Å²) in [5, 5.41) is 0. The van der Waals surface area contributed by atoms with Gasteiger partial charge in [0.25, 0.3) is 0 Å². The summed E-state index contributed by atoms with van der Waals surface area (Å²) in [5.41, 5.74) is 2.08. The highest BCUT2D eigenvalue weighted by Gasteiger charge is 2.50. The van der Waals surface area contributed by atoms with Crippen LogP contribution in [0.2, 0.25) is 0 Å². The van der Waals surface area contributed by atoms with E-state index in [2.05, 4.69) is 20.8 Å². The molecule has 1 saturated carbocycles. The van der Waals surface area contributed by atoms with Gasteiger partial charge in [0.1, 0.15) is 0 Å². The molecule has 2 heteroatoms. The lowest BCUT2D eigenvalue weighted by Gasteiger charge is -2.33. The van der Waals surface area contributed by atoms with E-state index < -0.39 is 0 Å². The molecule has 4 atom stereocenters. The minimum absolute atomic E-state index is 0.198. The third-order valence-electron chi connectivity index (χ3n) is 5.83. The summed E-state index contributed by atoms with van der Waals surface area (Å²) >= 11 is 0. The molecule has 1 unspecified atom stereocenters. The Kier molecular flexibility index (Phi) is 5.09. The Morgan fingerprint density at radius 1 is 1.41 bits per heavy atom. The van der Waals surface area contributed by atoms with Gasteiger partial charge in [-0.2, -0.15) is 0 Å². The molecule has 122 valence electrons. The average Bonchev–Trinajstić information content (AvgIpc) is 2.68. The molecule has 0 N–H and O–H groups in total. The summed E-state index contributed by atoms with van der Waals surface area (Å²) < 4.78 is 0. The highest BCUT2D eigenvalue weighted by atomic mass is 16.1. The van der Waals surface area contributed by atoms with Crippen molar-refractivity contribution >= 4 is 11.6 Å². The summed E-state index contributed by atoms with van der Waals surface area (Å²) in [7, 11) is 0. The molecular formula is C20H30O2. The molecule has 2 aliphatic carbocycles. The molecule has 2 nitrogen and oxygen atoms in total. The molecule has 0 radical (unpaired) electrons. The second-order valence-electron chi connectivity index (χ2n) is 7.99. The lowest BCUT2D eigenvalue weighted by atomic mass is 9.70. The van der Waals surface area contributed by atoms with E-state index in [1.165, 1.54) is 5.57 Å². The first-order valence-electron chi connectivity index (χ1n) is 8.63. The standard InChI is InChI=1S/C20H30O2/c1-13(2)10-16(21)12-15(4)17-8-9-20(5)18(17)7-6-14(3)11-19(20)22/h10-11,15,17-18H,6-9,12H2,1-5H3/t15?,17-,18-,20-/m1/s1.